The summed E-state index contributed by atoms with van der Waals surface area (Å²) in [6, 6.07) is 8.60. The molecule has 3 heteroatoms. The van der Waals surface area contributed by atoms with Crippen molar-refractivity contribution in [2.75, 3.05) is 0 Å². The van der Waals surface area contributed by atoms with Gasteiger partial charge in [-0.25, -0.2) is 0 Å². The van der Waals surface area contributed by atoms with Crippen LogP contribution in [0.1, 0.15) is 43.6 Å². The highest BCUT2D eigenvalue weighted by molar-refractivity contribution is 6.30. The monoisotopic (exact) mass is 238 g/mol. The van der Waals surface area contributed by atoms with E-state index in [1.165, 1.54) is 37.7 Å². The number of halogens is 1. The Bertz CT molecular complexity index is 323. The first-order valence-electron chi connectivity index (χ1n) is 6.03. The smallest absolute Gasteiger partial charge is 0.0406 e. The predicted octanol–water partition coefficient (Wildman–Crippen LogP) is 3.22. The van der Waals surface area contributed by atoms with Gasteiger partial charge in [0, 0.05) is 17.0 Å². The molecule has 0 saturated heterocycles. The summed E-state index contributed by atoms with van der Waals surface area (Å²) in [5.41, 5.74) is 4.33. The van der Waals surface area contributed by atoms with Gasteiger partial charge in [-0.05, 0) is 30.5 Å². The fraction of sp³-hybridized carbons (Fsp3) is 0.538. The molecule has 1 aromatic rings. The van der Waals surface area contributed by atoms with Gasteiger partial charge in [-0.15, -0.1) is 0 Å². The maximum absolute atomic E-state index is 5.91. The molecule has 0 radical (unpaired) electrons. The zero-order valence-corrected chi connectivity index (χ0v) is 10.2. The van der Waals surface area contributed by atoms with Gasteiger partial charge < -0.3 is 0 Å². The Kier molecular flexibility index (Phi) is 4.22. The summed E-state index contributed by atoms with van der Waals surface area (Å²) < 4.78 is 0. The predicted molar refractivity (Wildman–Crippen MR) is 68.4 cm³/mol. The molecular formula is C13H19ClN2. The van der Waals surface area contributed by atoms with Crippen LogP contribution in [0.25, 0.3) is 0 Å². The molecule has 16 heavy (non-hydrogen) atoms. The molecule has 2 atom stereocenters. The lowest BCUT2D eigenvalue weighted by Crippen LogP contribution is -2.39. The molecule has 0 amide bonds. The fourth-order valence-corrected chi connectivity index (χ4v) is 2.74. The van der Waals surface area contributed by atoms with Gasteiger partial charge in [0.2, 0.25) is 0 Å². The average Bonchev–Trinajstić information content (AvgIpc) is 2.55. The van der Waals surface area contributed by atoms with Gasteiger partial charge in [-0.1, -0.05) is 43.0 Å². The molecule has 1 aliphatic carbocycles. The topological polar surface area (TPSA) is 38.0 Å². The van der Waals surface area contributed by atoms with Crippen LogP contribution in [0.2, 0.25) is 5.02 Å². The molecule has 0 bridgehead atoms. The Balaban J connectivity index is 2.18. The SMILES string of the molecule is NNC1CCCCCC1c1ccc(Cl)cc1. The minimum atomic E-state index is 0.406. The first-order chi connectivity index (χ1) is 7.81. The summed E-state index contributed by atoms with van der Waals surface area (Å²) in [6.45, 7) is 0. The summed E-state index contributed by atoms with van der Waals surface area (Å²) in [6.07, 6.45) is 6.28. The Morgan fingerprint density at radius 3 is 2.44 bits per heavy atom. The normalized spacial score (nSPS) is 26.4. The second-order valence-electron chi connectivity index (χ2n) is 4.57. The summed E-state index contributed by atoms with van der Waals surface area (Å²) in [4.78, 5) is 0. The van der Waals surface area contributed by atoms with E-state index in [-0.39, 0.29) is 0 Å². The van der Waals surface area contributed by atoms with Crippen LogP contribution < -0.4 is 11.3 Å². The van der Waals surface area contributed by atoms with Crippen LogP contribution in [-0.4, -0.2) is 6.04 Å². The molecule has 2 rings (SSSR count). The standard InChI is InChI=1S/C13H19ClN2/c14-11-8-6-10(7-9-11)12-4-2-1-3-5-13(12)16-15/h6-9,12-13,16H,1-5,15H2. The number of rotatable bonds is 2. The zero-order valence-electron chi connectivity index (χ0n) is 9.45. The van der Waals surface area contributed by atoms with Crippen molar-refractivity contribution < 1.29 is 0 Å². The van der Waals surface area contributed by atoms with E-state index in [1.807, 2.05) is 12.1 Å². The quantitative estimate of drug-likeness (QED) is 0.472. The van der Waals surface area contributed by atoms with Crippen molar-refractivity contribution in [3.8, 4) is 0 Å². The van der Waals surface area contributed by atoms with Crippen LogP contribution in [0.3, 0.4) is 0 Å². The van der Waals surface area contributed by atoms with E-state index in [9.17, 15) is 0 Å². The lowest BCUT2D eigenvalue weighted by atomic mass is 9.88. The van der Waals surface area contributed by atoms with Gasteiger partial charge in [0.25, 0.3) is 0 Å². The minimum Gasteiger partial charge on any atom is -0.271 e. The molecule has 0 aliphatic heterocycles. The molecule has 2 unspecified atom stereocenters. The molecule has 3 N–H and O–H groups in total. The summed E-state index contributed by atoms with van der Waals surface area (Å²) in [5.74, 6) is 6.19. The van der Waals surface area contributed by atoms with Gasteiger partial charge >= 0.3 is 0 Å². The van der Waals surface area contributed by atoms with Gasteiger partial charge in [0.15, 0.2) is 0 Å². The summed E-state index contributed by atoms with van der Waals surface area (Å²) in [7, 11) is 0. The zero-order chi connectivity index (χ0) is 11.4. The number of hydrazine groups is 1. The Morgan fingerprint density at radius 2 is 1.75 bits per heavy atom. The van der Waals surface area contributed by atoms with Crippen molar-refractivity contribution in [3.05, 3.63) is 34.9 Å². The Hall–Kier alpha value is -0.570. The van der Waals surface area contributed by atoms with E-state index < -0.39 is 0 Å². The lowest BCUT2D eigenvalue weighted by molar-refractivity contribution is 0.418. The maximum atomic E-state index is 5.91. The van der Waals surface area contributed by atoms with Crippen molar-refractivity contribution in [1.82, 2.24) is 5.43 Å². The molecule has 0 spiro atoms. The molecule has 0 aromatic heterocycles. The summed E-state index contributed by atoms with van der Waals surface area (Å²) in [5, 5.41) is 0.801. The fourth-order valence-electron chi connectivity index (χ4n) is 2.62. The molecule has 1 saturated carbocycles. The van der Waals surface area contributed by atoms with Gasteiger partial charge in [0.1, 0.15) is 0 Å². The second kappa shape index (κ2) is 5.67. The van der Waals surface area contributed by atoms with E-state index in [2.05, 4.69) is 17.6 Å². The van der Waals surface area contributed by atoms with Crippen LogP contribution in [0.4, 0.5) is 0 Å². The first-order valence-corrected chi connectivity index (χ1v) is 6.40. The number of benzene rings is 1. The first kappa shape index (κ1) is 11.9. The Labute approximate surface area is 102 Å². The second-order valence-corrected chi connectivity index (χ2v) is 5.01. The van der Waals surface area contributed by atoms with Crippen LogP contribution >= 0.6 is 11.6 Å². The highest BCUT2D eigenvalue weighted by Crippen LogP contribution is 2.32. The van der Waals surface area contributed by atoms with Crippen molar-refractivity contribution >= 4 is 11.6 Å². The highest BCUT2D eigenvalue weighted by Gasteiger charge is 2.23. The Morgan fingerprint density at radius 1 is 1.06 bits per heavy atom. The molecule has 2 nitrogen and oxygen atoms in total. The van der Waals surface area contributed by atoms with Crippen molar-refractivity contribution in [3.63, 3.8) is 0 Å². The van der Waals surface area contributed by atoms with Crippen LogP contribution in [0, 0.1) is 0 Å². The largest absolute Gasteiger partial charge is 0.271 e. The van der Waals surface area contributed by atoms with Crippen molar-refractivity contribution in [1.29, 1.82) is 0 Å². The van der Waals surface area contributed by atoms with Gasteiger partial charge in [-0.3, -0.25) is 11.3 Å². The van der Waals surface area contributed by atoms with Crippen LogP contribution in [-0.2, 0) is 0 Å². The van der Waals surface area contributed by atoms with E-state index in [0.29, 0.717) is 12.0 Å². The third-order valence-electron chi connectivity index (χ3n) is 3.53. The molecule has 1 aromatic carbocycles. The summed E-state index contributed by atoms with van der Waals surface area (Å²) >= 11 is 5.91. The minimum absolute atomic E-state index is 0.406. The van der Waals surface area contributed by atoms with Crippen LogP contribution in [0.15, 0.2) is 24.3 Å². The highest BCUT2D eigenvalue weighted by atomic mass is 35.5. The lowest BCUT2D eigenvalue weighted by Gasteiger charge is -2.24. The van der Waals surface area contributed by atoms with E-state index in [4.69, 9.17) is 17.4 Å². The number of hydrogen-bond acceptors (Lipinski definition) is 2. The van der Waals surface area contributed by atoms with Crippen molar-refractivity contribution in [2.24, 2.45) is 5.84 Å². The van der Waals surface area contributed by atoms with Crippen molar-refractivity contribution in [2.45, 2.75) is 44.1 Å². The van der Waals surface area contributed by atoms with E-state index >= 15 is 0 Å². The molecule has 0 heterocycles. The van der Waals surface area contributed by atoms with Gasteiger partial charge in [-0.2, -0.15) is 0 Å². The number of nitrogens with two attached hydrogens (primary N) is 1. The third kappa shape index (κ3) is 2.76. The van der Waals surface area contributed by atoms with Crippen LogP contribution in [0.5, 0.6) is 0 Å². The van der Waals surface area contributed by atoms with Gasteiger partial charge in [0.05, 0.1) is 0 Å². The number of hydrogen-bond donors (Lipinski definition) is 2. The molecule has 1 fully saturated rings. The number of nitrogens with one attached hydrogen (secondary N) is 1. The van der Waals surface area contributed by atoms with E-state index in [0.717, 1.165) is 5.02 Å². The molecule has 88 valence electrons. The maximum Gasteiger partial charge on any atom is 0.0406 e. The molecular weight excluding hydrogens is 220 g/mol. The average molecular weight is 239 g/mol. The third-order valence-corrected chi connectivity index (χ3v) is 3.78. The molecule has 1 aliphatic rings. The van der Waals surface area contributed by atoms with E-state index in [1.54, 1.807) is 0 Å².